The van der Waals surface area contributed by atoms with Crippen LogP contribution in [0.15, 0.2) is 0 Å². The fourth-order valence-electron chi connectivity index (χ4n) is 3.32. The second-order valence-electron chi connectivity index (χ2n) is 7.02. The Bertz CT molecular complexity index is 526. The van der Waals surface area contributed by atoms with Crippen LogP contribution in [0.4, 0.5) is 4.79 Å². The van der Waals surface area contributed by atoms with Crippen LogP contribution in [0.2, 0.25) is 0 Å². The highest BCUT2D eigenvalue weighted by molar-refractivity contribution is 8.00. The Morgan fingerprint density at radius 3 is 2.47 bits per heavy atom. The lowest BCUT2D eigenvalue weighted by atomic mass is 10.0. The van der Waals surface area contributed by atoms with Crippen molar-refractivity contribution >= 4 is 30.2 Å². The van der Waals surface area contributed by atoms with Crippen LogP contribution in [0.25, 0.3) is 0 Å². The Hall–Kier alpha value is -1.56. The molecule has 172 valence electrons. The molecule has 30 heavy (non-hydrogen) atoms. The lowest BCUT2D eigenvalue weighted by Crippen LogP contribution is -2.36. The third-order valence-electron chi connectivity index (χ3n) is 4.81. The molecule has 2 fully saturated rings. The Kier molecular flexibility index (Phi) is 12.6. The molecule has 2 aliphatic heterocycles. The maximum absolute atomic E-state index is 11.9. The summed E-state index contributed by atoms with van der Waals surface area (Å²) in [4.78, 5) is 33.1. The van der Waals surface area contributed by atoms with Crippen molar-refractivity contribution in [2.45, 2.75) is 43.0 Å². The van der Waals surface area contributed by atoms with Crippen molar-refractivity contribution in [1.29, 1.82) is 0 Å². The number of ether oxygens (including phenoxy) is 4. The molecule has 3 N–H and O–H groups in total. The molecule has 2 aliphatic rings. The average molecular weight is 448 g/mol. The maximum atomic E-state index is 11.9. The topological polar surface area (TPSA) is 124 Å². The number of thioether (sulfide) groups is 1. The number of unbranched alkanes of at least 4 members (excludes halogenated alkanes) is 1. The zero-order chi connectivity index (χ0) is 21.4. The summed E-state index contributed by atoms with van der Waals surface area (Å²) in [7, 11) is 0. The lowest BCUT2D eigenvalue weighted by Gasteiger charge is -2.16. The van der Waals surface area contributed by atoms with Crippen LogP contribution in [-0.4, -0.2) is 94.3 Å². The molecule has 0 aromatic rings. The summed E-state index contributed by atoms with van der Waals surface area (Å²) in [5.74, 6) is 1.00. The normalized spacial score (nSPS) is 22.3. The van der Waals surface area contributed by atoms with Gasteiger partial charge in [-0.1, -0.05) is 6.42 Å². The molecule has 0 unspecified atom stereocenters. The van der Waals surface area contributed by atoms with Crippen LogP contribution in [0.3, 0.4) is 0 Å². The number of urea groups is 1. The predicted octanol–water partition coefficient (Wildman–Crippen LogP) is 0.0512. The van der Waals surface area contributed by atoms with E-state index in [1.165, 1.54) is 0 Å². The number of rotatable bonds is 18. The largest absolute Gasteiger partial charge is 0.465 e. The Balaban J connectivity index is 1.31. The molecule has 0 bridgehead atoms. The van der Waals surface area contributed by atoms with Gasteiger partial charge in [0.15, 0.2) is 0 Å². The summed E-state index contributed by atoms with van der Waals surface area (Å²) in [6.07, 6.45) is 3.35. The Labute approximate surface area is 181 Å². The number of carbonyl (C=O) groups is 3. The van der Waals surface area contributed by atoms with Gasteiger partial charge in [0.1, 0.15) is 6.61 Å². The van der Waals surface area contributed by atoms with E-state index in [0.29, 0.717) is 64.3 Å². The van der Waals surface area contributed by atoms with Gasteiger partial charge in [0.05, 0.1) is 51.7 Å². The fourth-order valence-corrected chi connectivity index (χ4v) is 4.87. The number of nitrogens with one attached hydrogen (secondary N) is 3. The molecule has 2 saturated heterocycles. The lowest BCUT2D eigenvalue weighted by molar-refractivity contribution is -0.130. The minimum Gasteiger partial charge on any atom is -0.465 e. The first kappa shape index (κ1) is 24.7. The summed E-state index contributed by atoms with van der Waals surface area (Å²) in [6.45, 7) is 3.72. The van der Waals surface area contributed by atoms with Gasteiger partial charge in [0.25, 0.3) is 6.47 Å². The van der Waals surface area contributed by atoms with Crippen LogP contribution in [0.1, 0.15) is 25.7 Å². The monoisotopic (exact) mass is 447 g/mol. The second kappa shape index (κ2) is 15.3. The minimum absolute atomic E-state index is 0.0401. The summed E-state index contributed by atoms with van der Waals surface area (Å²) >= 11 is 1.90. The van der Waals surface area contributed by atoms with Gasteiger partial charge in [0, 0.05) is 24.0 Å². The van der Waals surface area contributed by atoms with Crippen molar-refractivity contribution < 1.29 is 33.3 Å². The van der Waals surface area contributed by atoms with Gasteiger partial charge >= 0.3 is 6.03 Å². The summed E-state index contributed by atoms with van der Waals surface area (Å²) in [6, 6.07) is 0.423. The SMILES string of the molecule is O=COCCOCCOCCOCCNC(=O)CCCC[C@H]1SC[C@H]2NC(=O)N[C@H]21. The number of amides is 3. The highest BCUT2D eigenvalue weighted by Crippen LogP contribution is 2.33. The van der Waals surface area contributed by atoms with Crippen molar-refractivity contribution in [3.05, 3.63) is 0 Å². The van der Waals surface area contributed by atoms with E-state index < -0.39 is 0 Å². The summed E-state index contributed by atoms with van der Waals surface area (Å²) in [5.41, 5.74) is 0. The molecular weight excluding hydrogens is 414 g/mol. The van der Waals surface area contributed by atoms with E-state index in [0.717, 1.165) is 25.0 Å². The summed E-state index contributed by atoms with van der Waals surface area (Å²) < 4.78 is 20.4. The molecule has 0 aromatic heterocycles. The first-order chi connectivity index (χ1) is 14.7. The Morgan fingerprint density at radius 2 is 1.73 bits per heavy atom. The molecule has 3 atom stereocenters. The van der Waals surface area contributed by atoms with Crippen LogP contribution in [-0.2, 0) is 28.5 Å². The second-order valence-corrected chi connectivity index (χ2v) is 8.29. The quantitative estimate of drug-likeness (QED) is 0.153. The maximum Gasteiger partial charge on any atom is 0.315 e. The third-order valence-corrected chi connectivity index (χ3v) is 6.32. The van der Waals surface area contributed by atoms with E-state index in [9.17, 15) is 14.4 Å². The van der Waals surface area contributed by atoms with Gasteiger partial charge in [-0.15, -0.1) is 0 Å². The average Bonchev–Trinajstić information content (AvgIpc) is 3.28. The number of fused-ring (bicyclic) bond motifs is 1. The van der Waals surface area contributed by atoms with E-state index in [2.05, 4.69) is 20.7 Å². The van der Waals surface area contributed by atoms with Gasteiger partial charge < -0.3 is 34.9 Å². The van der Waals surface area contributed by atoms with E-state index in [1.807, 2.05) is 11.8 Å². The molecule has 3 amide bonds. The highest BCUT2D eigenvalue weighted by Gasteiger charge is 2.42. The minimum atomic E-state index is -0.0598. The number of carbonyl (C=O) groups excluding carboxylic acids is 3. The van der Waals surface area contributed by atoms with Crippen molar-refractivity contribution in [2.24, 2.45) is 0 Å². The molecular formula is C19H33N3O7S. The molecule has 11 heteroatoms. The molecule has 2 heterocycles. The van der Waals surface area contributed by atoms with Crippen LogP contribution < -0.4 is 16.0 Å². The zero-order valence-electron chi connectivity index (χ0n) is 17.3. The van der Waals surface area contributed by atoms with Crippen molar-refractivity contribution in [2.75, 3.05) is 58.5 Å². The fraction of sp³-hybridized carbons (Fsp3) is 0.842. The van der Waals surface area contributed by atoms with Gasteiger partial charge in [0.2, 0.25) is 5.91 Å². The standard InChI is InChI=1S/C19H33N3O7S/c23-14-29-12-11-28-10-9-27-8-7-26-6-5-20-17(24)4-2-1-3-16-18-15(13-30-16)21-19(25)22-18/h14-16,18H,1-13H2,(H,20,24)(H2,21,22,25)/t15-,16-,18-/m1/s1. The van der Waals surface area contributed by atoms with Gasteiger partial charge in [-0.25, -0.2) is 4.79 Å². The Morgan fingerprint density at radius 1 is 1.03 bits per heavy atom. The van der Waals surface area contributed by atoms with Crippen molar-refractivity contribution in [3.8, 4) is 0 Å². The zero-order valence-corrected chi connectivity index (χ0v) is 18.1. The van der Waals surface area contributed by atoms with Crippen LogP contribution >= 0.6 is 11.8 Å². The molecule has 0 aromatic carbocycles. The van der Waals surface area contributed by atoms with E-state index in [-0.39, 0.29) is 30.6 Å². The molecule has 0 aliphatic carbocycles. The third kappa shape index (κ3) is 9.96. The molecule has 0 radical (unpaired) electrons. The molecule has 0 spiro atoms. The summed E-state index contributed by atoms with van der Waals surface area (Å²) in [5, 5.41) is 9.22. The van der Waals surface area contributed by atoms with Crippen LogP contribution in [0.5, 0.6) is 0 Å². The van der Waals surface area contributed by atoms with E-state index in [1.54, 1.807) is 0 Å². The number of hydrogen-bond donors (Lipinski definition) is 3. The van der Waals surface area contributed by atoms with Crippen molar-refractivity contribution in [1.82, 2.24) is 16.0 Å². The number of hydrogen-bond acceptors (Lipinski definition) is 8. The predicted molar refractivity (Wildman–Crippen MR) is 111 cm³/mol. The molecule has 10 nitrogen and oxygen atoms in total. The molecule has 0 saturated carbocycles. The van der Waals surface area contributed by atoms with Gasteiger partial charge in [-0.3, -0.25) is 9.59 Å². The van der Waals surface area contributed by atoms with E-state index in [4.69, 9.17) is 14.2 Å². The molecule has 2 rings (SSSR count). The first-order valence-electron chi connectivity index (χ1n) is 10.4. The van der Waals surface area contributed by atoms with Gasteiger partial charge in [-0.2, -0.15) is 11.8 Å². The smallest absolute Gasteiger partial charge is 0.315 e. The van der Waals surface area contributed by atoms with Gasteiger partial charge in [-0.05, 0) is 12.8 Å². The van der Waals surface area contributed by atoms with E-state index >= 15 is 0 Å². The van der Waals surface area contributed by atoms with Crippen LogP contribution in [0, 0.1) is 0 Å². The first-order valence-corrected chi connectivity index (χ1v) is 11.5. The van der Waals surface area contributed by atoms with Crippen molar-refractivity contribution in [3.63, 3.8) is 0 Å². The highest BCUT2D eigenvalue weighted by atomic mass is 32.2.